The van der Waals surface area contributed by atoms with E-state index in [2.05, 4.69) is 15.9 Å². The van der Waals surface area contributed by atoms with Gasteiger partial charge in [-0.25, -0.2) is 4.39 Å². The quantitative estimate of drug-likeness (QED) is 0.756. The first-order valence-corrected chi connectivity index (χ1v) is 6.37. The highest BCUT2D eigenvalue weighted by Gasteiger charge is 2.17. The summed E-state index contributed by atoms with van der Waals surface area (Å²) in [5.74, 6) is 0.488. The molecule has 4 heteroatoms. The number of halogens is 3. The van der Waals surface area contributed by atoms with Crippen LogP contribution in [0.5, 0.6) is 0 Å². The molecule has 0 radical (unpaired) electrons. The number of benzene rings is 1. The molecule has 2 rings (SSSR count). The Morgan fingerprint density at radius 2 is 2.12 bits per heavy atom. The first-order chi connectivity index (χ1) is 8.11. The highest BCUT2D eigenvalue weighted by Crippen LogP contribution is 2.34. The third-order valence-corrected chi connectivity index (χ3v) is 3.45. The Hall–Kier alpha value is -0.800. The molecular weight excluding hydrogens is 306 g/mol. The van der Waals surface area contributed by atoms with Gasteiger partial charge in [0.1, 0.15) is 11.6 Å². The van der Waals surface area contributed by atoms with Crippen LogP contribution in [0.3, 0.4) is 0 Å². The maximum atomic E-state index is 13.9. The van der Waals surface area contributed by atoms with Crippen LogP contribution in [-0.2, 0) is 4.74 Å². The van der Waals surface area contributed by atoms with Crippen molar-refractivity contribution >= 4 is 33.1 Å². The summed E-state index contributed by atoms with van der Waals surface area (Å²) in [4.78, 5) is 0. The molecule has 0 unspecified atom stereocenters. The molecule has 0 saturated carbocycles. The lowest BCUT2D eigenvalue weighted by Gasteiger charge is -2.17. The lowest BCUT2D eigenvalue weighted by molar-refractivity contribution is 0.279. The molecule has 0 aromatic heterocycles. The molecule has 17 heavy (non-hydrogen) atoms. The van der Waals surface area contributed by atoms with Gasteiger partial charge in [-0.1, -0.05) is 33.6 Å². The largest absolute Gasteiger partial charge is 0.500 e. The van der Waals surface area contributed by atoms with E-state index in [0.717, 1.165) is 22.8 Å². The van der Waals surface area contributed by atoms with Crippen molar-refractivity contribution in [2.75, 3.05) is 7.11 Å². The Morgan fingerprint density at radius 1 is 1.35 bits per heavy atom. The van der Waals surface area contributed by atoms with Gasteiger partial charge in [-0.05, 0) is 24.6 Å². The van der Waals surface area contributed by atoms with E-state index < -0.39 is 0 Å². The van der Waals surface area contributed by atoms with E-state index in [0.29, 0.717) is 16.5 Å². The van der Waals surface area contributed by atoms with Gasteiger partial charge in [-0.2, -0.15) is 0 Å². The molecule has 0 spiro atoms. The van der Waals surface area contributed by atoms with E-state index in [1.165, 1.54) is 6.07 Å². The van der Waals surface area contributed by atoms with Crippen LogP contribution in [0.15, 0.2) is 39.5 Å². The fourth-order valence-electron chi connectivity index (χ4n) is 1.82. The predicted octanol–water partition coefficient (Wildman–Crippen LogP) is 4.86. The molecule has 0 N–H and O–H groups in total. The summed E-state index contributed by atoms with van der Waals surface area (Å²) in [6.45, 7) is 0. The summed E-state index contributed by atoms with van der Waals surface area (Å²) >= 11 is 9.24. The normalized spacial score (nSPS) is 15.9. The highest BCUT2D eigenvalue weighted by atomic mass is 79.9. The molecule has 0 amide bonds. The van der Waals surface area contributed by atoms with Gasteiger partial charge in [-0.3, -0.25) is 0 Å². The van der Waals surface area contributed by atoms with Gasteiger partial charge in [-0.15, -0.1) is 0 Å². The second-order valence-electron chi connectivity index (χ2n) is 3.76. The third-order valence-electron chi connectivity index (χ3n) is 2.66. The van der Waals surface area contributed by atoms with Gasteiger partial charge < -0.3 is 4.74 Å². The summed E-state index contributed by atoms with van der Waals surface area (Å²) in [5.41, 5.74) is 1.25. The maximum absolute atomic E-state index is 13.9. The maximum Gasteiger partial charge on any atom is 0.132 e. The first kappa shape index (κ1) is 12.7. The van der Waals surface area contributed by atoms with Crippen molar-refractivity contribution in [3.05, 3.63) is 50.9 Å². The van der Waals surface area contributed by atoms with Gasteiger partial charge in [0.15, 0.2) is 0 Å². The number of allylic oxidation sites excluding steroid dienone is 4. The summed E-state index contributed by atoms with van der Waals surface area (Å²) in [7, 11) is 1.60. The number of hydrogen-bond donors (Lipinski definition) is 0. The van der Waals surface area contributed by atoms with Crippen LogP contribution < -0.4 is 0 Å². The van der Waals surface area contributed by atoms with E-state index >= 15 is 0 Å². The fourth-order valence-corrected chi connectivity index (χ4v) is 2.36. The van der Waals surface area contributed by atoms with Crippen molar-refractivity contribution in [3.63, 3.8) is 0 Å². The van der Waals surface area contributed by atoms with Crippen LogP contribution in [0, 0.1) is 5.82 Å². The Balaban J connectivity index is 2.53. The topological polar surface area (TPSA) is 9.23 Å². The Bertz CT molecular complexity index is 508. The van der Waals surface area contributed by atoms with Gasteiger partial charge in [0.05, 0.1) is 7.11 Å². The van der Waals surface area contributed by atoms with E-state index in [9.17, 15) is 4.39 Å². The average Bonchev–Trinajstić information content (AvgIpc) is 2.29. The molecule has 1 aromatic carbocycles. The molecular formula is C13H11BrClFO. The summed E-state index contributed by atoms with van der Waals surface area (Å²) in [6.07, 6.45) is 3.22. The van der Waals surface area contributed by atoms with Crippen molar-refractivity contribution in [3.8, 4) is 0 Å². The monoisotopic (exact) mass is 316 g/mol. The minimum Gasteiger partial charge on any atom is -0.500 e. The standard InChI is InChI=1S/C13H11BrClFO/c1-17-13-5-3-9(15)7-11(13)10-4-2-8(14)6-12(10)16/h2,4,6-7H,3,5H2,1H3. The summed E-state index contributed by atoms with van der Waals surface area (Å²) in [6, 6.07) is 4.96. The Kier molecular flexibility index (Phi) is 3.89. The molecule has 0 saturated heterocycles. The molecule has 1 aromatic rings. The van der Waals surface area contributed by atoms with Crippen LogP contribution in [-0.4, -0.2) is 7.11 Å². The van der Waals surface area contributed by atoms with Crippen molar-refractivity contribution in [2.45, 2.75) is 12.8 Å². The smallest absolute Gasteiger partial charge is 0.132 e. The molecule has 0 heterocycles. The van der Waals surface area contributed by atoms with E-state index in [1.54, 1.807) is 25.3 Å². The minimum atomic E-state index is -0.286. The van der Waals surface area contributed by atoms with Crippen molar-refractivity contribution in [1.82, 2.24) is 0 Å². The van der Waals surface area contributed by atoms with Gasteiger partial charge >= 0.3 is 0 Å². The lowest BCUT2D eigenvalue weighted by atomic mass is 9.97. The highest BCUT2D eigenvalue weighted by molar-refractivity contribution is 9.10. The fraction of sp³-hybridized carbons (Fsp3) is 0.231. The van der Waals surface area contributed by atoms with E-state index in [1.807, 2.05) is 0 Å². The van der Waals surface area contributed by atoms with E-state index in [4.69, 9.17) is 16.3 Å². The molecule has 90 valence electrons. The minimum absolute atomic E-state index is 0.286. The molecule has 1 aliphatic rings. The molecule has 0 atom stereocenters. The number of rotatable bonds is 2. The van der Waals surface area contributed by atoms with Crippen LogP contribution in [0.25, 0.3) is 5.57 Å². The first-order valence-electron chi connectivity index (χ1n) is 5.20. The van der Waals surface area contributed by atoms with Crippen molar-refractivity contribution in [1.29, 1.82) is 0 Å². The molecule has 0 aliphatic heterocycles. The SMILES string of the molecule is COC1=C(c2ccc(Br)cc2F)C=C(Cl)CC1. The Morgan fingerprint density at radius 3 is 2.76 bits per heavy atom. The molecule has 0 fully saturated rings. The second kappa shape index (κ2) is 5.23. The summed E-state index contributed by atoms with van der Waals surface area (Å²) in [5, 5.41) is 0.725. The van der Waals surface area contributed by atoms with Gasteiger partial charge in [0.2, 0.25) is 0 Å². The van der Waals surface area contributed by atoms with E-state index in [-0.39, 0.29) is 5.82 Å². The zero-order chi connectivity index (χ0) is 12.4. The second-order valence-corrected chi connectivity index (χ2v) is 5.16. The van der Waals surface area contributed by atoms with Gasteiger partial charge in [0, 0.05) is 27.1 Å². The third kappa shape index (κ3) is 2.72. The van der Waals surface area contributed by atoms with Crippen molar-refractivity contribution in [2.24, 2.45) is 0 Å². The summed E-state index contributed by atoms with van der Waals surface area (Å²) < 4.78 is 19.9. The average molecular weight is 318 g/mol. The lowest BCUT2D eigenvalue weighted by Crippen LogP contribution is -2.00. The molecule has 1 aliphatic carbocycles. The van der Waals surface area contributed by atoms with Crippen LogP contribution in [0.4, 0.5) is 4.39 Å². The number of ether oxygens (including phenoxy) is 1. The number of hydrogen-bond acceptors (Lipinski definition) is 1. The Labute approximate surface area is 113 Å². The zero-order valence-corrected chi connectivity index (χ0v) is 11.6. The van der Waals surface area contributed by atoms with Crippen LogP contribution in [0.2, 0.25) is 0 Å². The van der Waals surface area contributed by atoms with Crippen LogP contribution >= 0.6 is 27.5 Å². The van der Waals surface area contributed by atoms with Crippen molar-refractivity contribution < 1.29 is 9.13 Å². The number of methoxy groups -OCH3 is 1. The molecule has 0 bridgehead atoms. The predicted molar refractivity (Wildman–Crippen MR) is 71.2 cm³/mol. The van der Waals surface area contributed by atoms with Crippen LogP contribution in [0.1, 0.15) is 18.4 Å². The van der Waals surface area contributed by atoms with Gasteiger partial charge in [0.25, 0.3) is 0 Å². The molecule has 1 nitrogen and oxygen atoms in total. The zero-order valence-electron chi connectivity index (χ0n) is 9.27.